The van der Waals surface area contributed by atoms with Crippen molar-refractivity contribution in [3.8, 4) is 11.4 Å². The minimum Gasteiger partial charge on any atom is -0.497 e. The summed E-state index contributed by atoms with van der Waals surface area (Å²) in [5.41, 5.74) is 6.66. The Morgan fingerprint density at radius 2 is 2.05 bits per heavy atom. The van der Waals surface area contributed by atoms with Gasteiger partial charge in [-0.05, 0) is 30.7 Å². The molecule has 3 N–H and O–H groups in total. The molecule has 0 unspecified atom stereocenters. The molecule has 0 amide bonds. The Kier molecular flexibility index (Phi) is 5.60. The second-order valence-electron chi connectivity index (χ2n) is 4.51. The van der Waals surface area contributed by atoms with Crippen LogP contribution in [0.1, 0.15) is 19.2 Å². The van der Waals surface area contributed by atoms with Gasteiger partial charge in [-0.25, -0.2) is 0 Å². The second kappa shape index (κ2) is 7.44. The van der Waals surface area contributed by atoms with Gasteiger partial charge in [-0.15, -0.1) is 10.2 Å². The largest absolute Gasteiger partial charge is 0.497 e. The first-order valence-electron chi connectivity index (χ1n) is 6.79. The number of hydrogen-bond donors (Lipinski definition) is 2. The van der Waals surface area contributed by atoms with Gasteiger partial charge < -0.3 is 15.6 Å². The van der Waals surface area contributed by atoms with Crippen molar-refractivity contribution in [1.29, 1.82) is 0 Å². The SMILES string of the molecule is CC[C@H](O)CSc1nnc(CN)n1-c1ccc(OC)cc1. The van der Waals surface area contributed by atoms with Crippen LogP contribution in [0.3, 0.4) is 0 Å². The Morgan fingerprint density at radius 1 is 1.33 bits per heavy atom. The number of aliphatic hydroxyl groups excluding tert-OH is 1. The molecule has 0 fully saturated rings. The first-order valence-corrected chi connectivity index (χ1v) is 7.77. The monoisotopic (exact) mass is 308 g/mol. The van der Waals surface area contributed by atoms with Gasteiger partial charge in [0.15, 0.2) is 11.0 Å². The number of nitrogens with two attached hydrogens (primary N) is 1. The van der Waals surface area contributed by atoms with Crippen LogP contribution in [0.25, 0.3) is 5.69 Å². The van der Waals surface area contributed by atoms with Crippen LogP contribution >= 0.6 is 11.8 Å². The lowest BCUT2D eigenvalue weighted by Crippen LogP contribution is -2.10. The van der Waals surface area contributed by atoms with Crippen molar-refractivity contribution in [3.05, 3.63) is 30.1 Å². The molecular formula is C14H20N4O2S. The van der Waals surface area contributed by atoms with E-state index in [4.69, 9.17) is 10.5 Å². The predicted octanol–water partition coefficient (Wildman–Crippen LogP) is 1.60. The van der Waals surface area contributed by atoms with Crippen molar-refractivity contribution in [3.63, 3.8) is 0 Å². The fourth-order valence-electron chi connectivity index (χ4n) is 1.81. The molecule has 0 saturated carbocycles. The summed E-state index contributed by atoms with van der Waals surface area (Å²) in [6, 6.07) is 7.62. The minimum absolute atomic E-state index is 0.302. The standard InChI is InChI=1S/C14H20N4O2S/c1-3-11(19)9-21-14-17-16-13(8-15)18(14)10-4-6-12(20-2)7-5-10/h4-7,11,19H,3,8-9,15H2,1-2H3/t11-/m0/s1. The average Bonchev–Trinajstić information content (AvgIpc) is 2.95. The van der Waals surface area contributed by atoms with E-state index in [9.17, 15) is 5.11 Å². The van der Waals surface area contributed by atoms with E-state index in [-0.39, 0.29) is 6.10 Å². The van der Waals surface area contributed by atoms with Crippen LogP contribution in [0.2, 0.25) is 0 Å². The predicted molar refractivity (Wildman–Crippen MR) is 82.8 cm³/mol. The van der Waals surface area contributed by atoms with E-state index in [2.05, 4.69) is 10.2 Å². The summed E-state index contributed by atoms with van der Waals surface area (Å²) in [4.78, 5) is 0. The zero-order valence-corrected chi connectivity index (χ0v) is 13.0. The van der Waals surface area contributed by atoms with E-state index in [0.29, 0.717) is 24.5 Å². The molecule has 6 nitrogen and oxygen atoms in total. The van der Waals surface area contributed by atoms with Crippen molar-refractivity contribution < 1.29 is 9.84 Å². The van der Waals surface area contributed by atoms with E-state index in [0.717, 1.165) is 16.6 Å². The minimum atomic E-state index is -0.350. The fourth-order valence-corrected chi connectivity index (χ4v) is 2.82. The third kappa shape index (κ3) is 3.75. The average molecular weight is 308 g/mol. The van der Waals surface area contributed by atoms with Crippen LogP contribution in [-0.4, -0.2) is 38.8 Å². The molecule has 0 spiro atoms. The fraction of sp³-hybridized carbons (Fsp3) is 0.429. The molecular weight excluding hydrogens is 288 g/mol. The van der Waals surface area contributed by atoms with Crippen molar-refractivity contribution in [2.75, 3.05) is 12.9 Å². The smallest absolute Gasteiger partial charge is 0.195 e. The van der Waals surface area contributed by atoms with Gasteiger partial charge >= 0.3 is 0 Å². The van der Waals surface area contributed by atoms with Gasteiger partial charge in [-0.2, -0.15) is 0 Å². The van der Waals surface area contributed by atoms with Gasteiger partial charge in [-0.1, -0.05) is 18.7 Å². The number of hydrogen-bond acceptors (Lipinski definition) is 6. The molecule has 1 aromatic carbocycles. The summed E-state index contributed by atoms with van der Waals surface area (Å²) in [5, 5.41) is 18.7. The normalized spacial score (nSPS) is 12.4. The van der Waals surface area contributed by atoms with Crippen molar-refractivity contribution >= 4 is 11.8 Å². The van der Waals surface area contributed by atoms with E-state index < -0.39 is 0 Å². The molecule has 2 rings (SSSR count). The van der Waals surface area contributed by atoms with Crippen LogP contribution < -0.4 is 10.5 Å². The van der Waals surface area contributed by atoms with Gasteiger partial charge in [0.2, 0.25) is 0 Å². The molecule has 114 valence electrons. The van der Waals surface area contributed by atoms with Crippen LogP contribution in [0.15, 0.2) is 29.4 Å². The lowest BCUT2D eigenvalue weighted by atomic mass is 10.3. The van der Waals surface area contributed by atoms with Crippen LogP contribution in [0.5, 0.6) is 5.75 Å². The molecule has 1 heterocycles. The van der Waals surface area contributed by atoms with Crippen LogP contribution in [-0.2, 0) is 6.54 Å². The summed E-state index contributed by atoms with van der Waals surface area (Å²) < 4.78 is 7.07. The molecule has 0 bridgehead atoms. The molecule has 1 aromatic heterocycles. The third-order valence-electron chi connectivity index (χ3n) is 3.09. The number of aromatic nitrogens is 3. The lowest BCUT2D eigenvalue weighted by molar-refractivity contribution is 0.195. The van der Waals surface area contributed by atoms with Crippen molar-refractivity contribution in [2.45, 2.75) is 31.1 Å². The molecule has 0 saturated heterocycles. The second-order valence-corrected chi connectivity index (χ2v) is 5.50. The molecule has 0 aliphatic carbocycles. The maximum atomic E-state index is 9.69. The Hall–Kier alpha value is -1.57. The molecule has 2 aromatic rings. The lowest BCUT2D eigenvalue weighted by Gasteiger charge is -2.11. The molecule has 7 heteroatoms. The number of nitrogens with zero attached hydrogens (tertiary/aromatic N) is 3. The van der Waals surface area contributed by atoms with Gasteiger partial charge in [0.05, 0.1) is 19.8 Å². The Balaban J connectivity index is 2.28. The number of methoxy groups -OCH3 is 1. The van der Waals surface area contributed by atoms with E-state index in [1.165, 1.54) is 11.8 Å². The summed E-state index contributed by atoms with van der Waals surface area (Å²) >= 11 is 1.47. The summed E-state index contributed by atoms with van der Waals surface area (Å²) in [6.07, 6.45) is 0.366. The first-order chi connectivity index (χ1) is 10.2. The number of ether oxygens (including phenoxy) is 1. The van der Waals surface area contributed by atoms with Gasteiger partial charge in [0.25, 0.3) is 0 Å². The molecule has 0 aliphatic rings. The zero-order valence-electron chi connectivity index (χ0n) is 12.2. The Morgan fingerprint density at radius 3 is 2.62 bits per heavy atom. The Labute approximate surface area is 128 Å². The summed E-state index contributed by atoms with van der Waals surface area (Å²) in [5.74, 6) is 2.06. The summed E-state index contributed by atoms with van der Waals surface area (Å²) in [6.45, 7) is 2.25. The highest BCUT2D eigenvalue weighted by atomic mass is 32.2. The Bertz CT molecular complexity index is 571. The molecule has 0 aliphatic heterocycles. The highest BCUT2D eigenvalue weighted by molar-refractivity contribution is 7.99. The molecule has 1 atom stereocenters. The first kappa shape index (κ1) is 15.8. The highest BCUT2D eigenvalue weighted by Crippen LogP contribution is 2.24. The number of rotatable bonds is 7. The van der Waals surface area contributed by atoms with Crippen molar-refractivity contribution in [1.82, 2.24) is 14.8 Å². The number of thioether (sulfide) groups is 1. The molecule has 21 heavy (non-hydrogen) atoms. The number of benzene rings is 1. The van der Waals surface area contributed by atoms with Gasteiger partial charge in [0, 0.05) is 11.4 Å². The third-order valence-corrected chi connectivity index (χ3v) is 4.16. The van der Waals surface area contributed by atoms with Crippen molar-refractivity contribution in [2.24, 2.45) is 5.73 Å². The zero-order chi connectivity index (χ0) is 15.2. The maximum Gasteiger partial charge on any atom is 0.195 e. The summed E-state index contributed by atoms with van der Waals surface area (Å²) in [7, 11) is 1.63. The number of aliphatic hydroxyl groups is 1. The highest BCUT2D eigenvalue weighted by Gasteiger charge is 2.14. The maximum absolute atomic E-state index is 9.69. The van der Waals surface area contributed by atoms with Crippen LogP contribution in [0, 0.1) is 0 Å². The van der Waals surface area contributed by atoms with E-state index in [1.54, 1.807) is 7.11 Å². The van der Waals surface area contributed by atoms with Gasteiger partial charge in [0.1, 0.15) is 5.75 Å². The topological polar surface area (TPSA) is 86.2 Å². The molecule has 0 radical (unpaired) electrons. The van der Waals surface area contributed by atoms with E-state index >= 15 is 0 Å². The quantitative estimate of drug-likeness (QED) is 0.756. The van der Waals surface area contributed by atoms with Crippen LogP contribution in [0.4, 0.5) is 0 Å². The van der Waals surface area contributed by atoms with E-state index in [1.807, 2.05) is 35.8 Å². The van der Waals surface area contributed by atoms with Gasteiger partial charge in [-0.3, -0.25) is 4.57 Å².